The molecule has 1 aromatic rings. The third-order valence-electron chi connectivity index (χ3n) is 6.16. The lowest BCUT2D eigenvalue weighted by Crippen LogP contribution is -2.53. The molecule has 0 spiro atoms. The lowest BCUT2D eigenvalue weighted by atomic mass is 9.95. The summed E-state index contributed by atoms with van der Waals surface area (Å²) in [5.41, 5.74) is -1.50. The van der Waals surface area contributed by atoms with E-state index in [0.29, 0.717) is 4.31 Å². The maximum Gasteiger partial charge on any atom is 0.247 e. The molecule has 0 unspecified atom stereocenters. The number of amides is 1. The van der Waals surface area contributed by atoms with E-state index in [4.69, 9.17) is 4.74 Å². The highest BCUT2D eigenvalue weighted by atomic mass is 32.2. The molecular formula is C21H33N3O6S2. The van der Waals surface area contributed by atoms with Gasteiger partial charge in [-0.25, -0.2) is 25.9 Å². The fourth-order valence-electron chi connectivity index (χ4n) is 4.22. The average Bonchev–Trinajstić information content (AvgIpc) is 2.89. The molecule has 0 saturated carbocycles. The summed E-state index contributed by atoms with van der Waals surface area (Å²) in [7, 11) is -6.61. The number of ether oxygens (including phenoxy) is 1. The highest BCUT2D eigenvalue weighted by molar-refractivity contribution is 7.94. The topological polar surface area (TPSA) is 113 Å². The first-order chi connectivity index (χ1) is 14.7. The Kier molecular flexibility index (Phi) is 6.69. The van der Waals surface area contributed by atoms with Gasteiger partial charge in [-0.05, 0) is 71.8 Å². The molecule has 32 heavy (non-hydrogen) atoms. The molecule has 2 aliphatic heterocycles. The molecule has 0 aliphatic carbocycles. The first-order valence-electron chi connectivity index (χ1n) is 10.7. The normalized spacial score (nSPS) is 21.7. The monoisotopic (exact) mass is 487 g/mol. The Morgan fingerprint density at radius 1 is 1.16 bits per heavy atom. The van der Waals surface area contributed by atoms with Crippen molar-refractivity contribution in [1.29, 1.82) is 0 Å². The minimum absolute atomic E-state index is 0.0166. The zero-order valence-corrected chi connectivity index (χ0v) is 21.0. The van der Waals surface area contributed by atoms with Gasteiger partial charge in [0.25, 0.3) is 0 Å². The molecule has 180 valence electrons. The Labute approximate surface area is 191 Å². The molecule has 0 atom stereocenters. The van der Waals surface area contributed by atoms with Gasteiger partial charge >= 0.3 is 0 Å². The van der Waals surface area contributed by atoms with Crippen molar-refractivity contribution < 1.29 is 26.4 Å². The quantitative estimate of drug-likeness (QED) is 0.625. The lowest BCUT2D eigenvalue weighted by molar-refractivity contribution is -0.123. The van der Waals surface area contributed by atoms with Crippen molar-refractivity contribution in [2.24, 2.45) is 5.41 Å². The van der Waals surface area contributed by atoms with Gasteiger partial charge in [-0.3, -0.25) is 9.69 Å². The van der Waals surface area contributed by atoms with Gasteiger partial charge in [-0.2, -0.15) is 0 Å². The van der Waals surface area contributed by atoms with E-state index in [1.807, 2.05) is 13.8 Å². The minimum Gasteiger partial charge on any atom is -0.495 e. The number of sulfonamides is 2. The maximum absolute atomic E-state index is 13.2. The second-order valence-electron chi connectivity index (χ2n) is 9.73. The summed E-state index contributed by atoms with van der Waals surface area (Å²) < 4.78 is 60.3. The van der Waals surface area contributed by atoms with E-state index in [2.05, 4.69) is 9.62 Å². The first kappa shape index (κ1) is 24.9. The Balaban J connectivity index is 1.92. The molecule has 1 amide bonds. The number of anilines is 1. The van der Waals surface area contributed by atoms with Crippen molar-refractivity contribution in [1.82, 2.24) is 9.62 Å². The van der Waals surface area contributed by atoms with Crippen LogP contribution in [0.25, 0.3) is 0 Å². The van der Waals surface area contributed by atoms with Crippen LogP contribution in [0.3, 0.4) is 0 Å². The van der Waals surface area contributed by atoms with Crippen molar-refractivity contribution >= 4 is 31.6 Å². The van der Waals surface area contributed by atoms with Gasteiger partial charge in [-0.1, -0.05) is 6.42 Å². The molecule has 2 saturated heterocycles. The summed E-state index contributed by atoms with van der Waals surface area (Å²) in [6.07, 6.45) is 3.35. The number of rotatable bonds is 7. The molecule has 9 nitrogen and oxygen atoms in total. The number of likely N-dealkylation sites (tertiary alicyclic amines) is 1. The van der Waals surface area contributed by atoms with Crippen molar-refractivity contribution in [3.63, 3.8) is 0 Å². The predicted molar refractivity (Wildman–Crippen MR) is 123 cm³/mol. The minimum atomic E-state index is -4.04. The molecule has 0 radical (unpaired) electrons. The Bertz CT molecular complexity index is 1090. The summed E-state index contributed by atoms with van der Waals surface area (Å²) in [6, 6.07) is 3.94. The van der Waals surface area contributed by atoms with Crippen LogP contribution < -0.4 is 13.8 Å². The second-order valence-corrected chi connectivity index (χ2v) is 13.3. The van der Waals surface area contributed by atoms with Gasteiger partial charge in [0.2, 0.25) is 26.0 Å². The maximum atomic E-state index is 13.2. The number of carbonyl (C=O) groups excluding carboxylic acids is 1. The summed E-state index contributed by atoms with van der Waals surface area (Å²) in [5, 5.41) is 0. The fourth-order valence-corrected chi connectivity index (χ4v) is 7.71. The van der Waals surface area contributed by atoms with Crippen molar-refractivity contribution in [2.75, 3.05) is 36.8 Å². The molecular weight excluding hydrogens is 454 g/mol. The number of benzene rings is 1. The molecule has 0 bridgehead atoms. The van der Waals surface area contributed by atoms with Crippen LogP contribution in [0, 0.1) is 5.41 Å². The van der Waals surface area contributed by atoms with Gasteiger partial charge in [0.1, 0.15) is 10.6 Å². The van der Waals surface area contributed by atoms with Gasteiger partial charge in [0, 0.05) is 12.1 Å². The number of nitrogens with zero attached hydrogens (tertiary/aromatic N) is 2. The standard InChI is InChI=1S/C21H33N3O6S2/c1-20(2)15-31(26,27)24(19(20)25)16-9-10-17(30-5)18(13-16)32(28,29)22-14-21(3,4)23-11-7-6-8-12-23/h9-10,13,22H,6-8,11-12,14-15H2,1-5H3. The first-order valence-corrected chi connectivity index (χ1v) is 13.8. The summed E-state index contributed by atoms with van der Waals surface area (Å²) in [6.45, 7) is 9.10. The summed E-state index contributed by atoms with van der Waals surface area (Å²) in [4.78, 5) is 14.8. The van der Waals surface area contributed by atoms with Gasteiger partial charge < -0.3 is 4.74 Å². The Morgan fingerprint density at radius 2 is 1.78 bits per heavy atom. The van der Waals surface area contributed by atoms with Crippen molar-refractivity contribution in [3.8, 4) is 5.75 Å². The second kappa shape index (κ2) is 8.58. The molecule has 3 rings (SSSR count). The molecule has 11 heteroatoms. The Morgan fingerprint density at radius 3 is 2.31 bits per heavy atom. The third-order valence-corrected chi connectivity index (χ3v) is 9.60. The molecule has 2 heterocycles. The Hall–Kier alpha value is -1.69. The van der Waals surface area contributed by atoms with Crippen LogP contribution in [0.2, 0.25) is 0 Å². The van der Waals surface area contributed by atoms with Gasteiger partial charge in [-0.15, -0.1) is 0 Å². The van der Waals surface area contributed by atoms with Crippen molar-refractivity contribution in [3.05, 3.63) is 18.2 Å². The molecule has 0 aromatic heterocycles. The van der Waals surface area contributed by atoms with Crippen LogP contribution in [-0.2, 0) is 24.8 Å². The van der Waals surface area contributed by atoms with Crippen LogP contribution >= 0.6 is 0 Å². The zero-order valence-electron chi connectivity index (χ0n) is 19.3. The van der Waals surface area contributed by atoms with Crippen LogP contribution in [0.15, 0.2) is 23.1 Å². The number of hydrogen-bond acceptors (Lipinski definition) is 7. The average molecular weight is 488 g/mol. The molecule has 2 aliphatic rings. The van der Waals surface area contributed by atoms with Gasteiger partial charge in [0.05, 0.1) is 24.0 Å². The summed E-state index contributed by atoms with van der Waals surface area (Å²) in [5.74, 6) is -0.861. The van der Waals surface area contributed by atoms with Gasteiger partial charge in [0.15, 0.2) is 0 Å². The molecule has 1 aromatic carbocycles. The van der Waals surface area contributed by atoms with E-state index < -0.39 is 36.9 Å². The smallest absolute Gasteiger partial charge is 0.247 e. The number of hydrogen-bond donors (Lipinski definition) is 1. The van der Waals surface area contributed by atoms with E-state index in [-0.39, 0.29) is 28.6 Å². The van der Waals surface area contributed by atoms with E-state index in [0.717, 1.165) is 25.9 Å². The van der Waals surface area contributed by atoms with E-state index in [1.165, 1.54) is 31.7 Å². The van der Waals surface area contributed by atoms with Crippen molar-refractivity contribution in [2.45, 2.75) is 57.4 Å². The fraction of sp³-hybridized carbons (Fsp3) is 0.667. The lowest BCUT2D eigenvalue weighted by Gasteiger charge is -2.41. The number of carbonyl (C=O) groups is 1. The number of piperidine rings is 1. The van der Waals surface area contributed by atoms with Crippen LogP contribution in [0.1, 0.15) is 47.0 Å². The zero-order chi connectivity index (χ0) is 23.9. The number of methoxy groups -OCH3 is 1. The molecule has 2 fully saturated rings. The van der Waals surface area contributed by atoms with Crippen LogP contribution in [-0.4, -0.2) is 65.7 Å². The summed E-state index contributed by atoms with van der Waals surface area (Å²) >= 11 is 0. The third kappa shape index (κ3) is 4.80. The highest BCUT2D eigenvalue weighted by Crippen LogP contribution is 2.38. The van der Waals surface area contributed by atoms with E-state index in [9.17, 15) is 21.6 Å². The largest absolute Gasteiger partial charge is 0.495 e. The SMILES string of the molecule is COc1ccc(N2C(=O)C(C)(C)CS2(=O)=O)cc1S(=O)(=O)NCC(C)(C)N1CCCCC1. The van der Waals surface area contributed by atoms with Crippen LogP contribution in [0.5, 0.6) is 5.75 Å². The van der Waals surface area contributed by atoms with Crippen LogP contribution in [0.4, 0.5) is 5.69 Å². The highest BCUT2D eigenvalue weighted by Gasteiger charge is 2.50. The molecule has 1 N–H and O–H groups in total. The van der Waals surface area contributed by atoms with E-state index >= 15 is 0 Å². The van der Waals surface area contributed by atoms with E-state index in [1.54, 1.807) is 13.8 Å². The predicted octanol–water partition coefficient (Wildman–Crippen LogP) is 1.94. The number of nitrogens with one attached hydrogen (secondary N) is 1.